The van der Waals surface area contributed by atoms with Crippen LogP contribution >= 0.6 is 0 Å². The van der Waals surface area contributed by atoms with Crippen LogP contribution < -0.4 is 4.74 Å². The van der Waals surface area contributed by atoms with Gasteiger partial charge >= 0.3 is 0 Å². The summed E-state index contributed by atoms with van der Waals surface area (Å²) in [4.78, 5) is 2.57. The van der Waals surface area contributed by atoms with E-state index >= 15 is 0 Å². The van der Waals surface area contributed by atoms with Crippen molar-refractivity contribution < 1.29 is 9.84 Å². The second kappa shape index (κ2) is 6.92. The minimum absolute atomic E-state index is 0.729. The number of hydrogen-bond donors (Lipinski definition) is 1. The molecular formula is C16H25NO2. The normalized spacial score (nSPS) is 21.5. The van der Waals surface area contributed by atoms with Gasteiger partial charge in [-0.15, -0.1) is 0 Å². The molecule has 0 aliphatic carbocycles. The van der Waals surface area contributed by atoms with Crippen LogP contribution in [0.25, 0.3) is 0 Å². The van der Waals surface area contributed by atoms with Gasteiger partial charge < -0.3 is 14.7 Å². The Hall–Kier alpha value is -1.06. The number of ether oxygens (including phenoxy) is 1. The van der Waals surface area contributed by atoms with Crippen molar-refractivity contribution in [3.8, 4) is 5.75 Å². The number of nitrogens with zero attached hydrogens (tertiary/aromatic N) is 1. The molecule has 0 aromatic heterocycles. The van der Waals surface area contributed by atoms with E-state index in [1.165, 1.54) is 38.0 Å². The van der Waals surface area contributed by atoms with Gasteiger partial charge in [0.05, 0.1) is 0 Å². The molecule has 3 heteroatoms. The second-order valence-corrected chi connectivity index (χ2v) is 5.66. The summed E-state index contributed by atoms with van der Waals surface area (Å²) >= 11 is 0. The van der Waals surface area contributed by atoms with Crippen molar-refractivity contribution in [3.63, 3.8) is 0 Å². The highest BCUT2D eigenvalue weighted by Crippen LogP contribution is 2.17. The number of aliphatic hydroxyl groups is 1. The van der Waals surface area contributed by atoms with Crippen LogP contribution in [0.2, 0.25) is 0 Å². The van der Waals surface area contributed by atoms with Gasteiger partial charge in [-0.2, -0.15) is 0 Å². The molecule has 0 bridgehead atoms. The molecule has 1 aromatic rings. The van der Waals surface area contributed by atoms with E-state index in [9.17, 15) is 0 Å². The zero-order valence-electron chi connectivity index (χ0n) is 12.0. The molecule has 106 valence electrons. The Morgan fingerprint density at radius 2 is 2.11 bits per heavy atom. The van der Waals surface area contributed by atoms with Gasteiger partial charge in [0.1, 0.15) is 5.75 Å². The van der Waals surface area contributed by atoms with Gasteiger partial charge in [0.2, 0.25) is 0 Å². The molecule has 1 aliphatic heterocycles. The number of aliphatic hydroxyl groups excluding tert-OH is 1. The van der Waals surface area contributed by atoms with Crippen LogP contribution in [0.4, 0.5) is 0 Å². The molecule has 19 heavy (non-hydrogen) atoms. The van der Waals surface area contributed by atoms with Crippen LogP contribution in [0.5, 0.6) is 5.75 Å². The maximum absolute atomic E-state index is 9.13. The van der Waals surface area contributed by atoms with Crippen LogP contribution in [-0.4, -0.2) is 35.9 Å². The Labute approximate surface area is 116 Å². The quantitative estimate of drug-likeness (QED) is 0.801. The van der Waals surface area contributed by atoms with Crippen molar-refractivity contribution in [2.75, 3.05) is 19.6 Å². The zero-order valence-corrected chi connectivity index (χ0v) is 12.0. The number of likely N-dealkylation sites (tertiary alicyclic amines) is 1. The van der Waals surface area contributed by atoms with Crippen LogP contribution in [0.15, 0.2) is 24.3 Å². The molecule has 0 radical (unpaired) electrons. The van der Waals surface area contributed by atoms with Crippen LogP contribution in [0.1, 0.15) is 32.3 Å². The summed E-state index contributed by atoms with van der Waals surface area (Å²) in [5, 5.41) is 9.13. The largest absolute Gasteiger partial charge is 0.465 e. The summed E-state index contributed by atoms with van der Waals surface area (Å²) in [6.07, 6.45) is 2.93. The predicted octanol–water partition coefficient (Wildman–Crippen LogP) is 2.68. The Kier molecular flexibility index (Phi) is 5.23. The molecule has 1 N–H and O–H groups in total. The molecule has 2 unspecified atom stereocenters. The zero-order chi connectivity index (χ0) is 13.7. The second-order valence-electron chi connectivity index (χ2n) is 5.66. The van der Waals surface area contributed by atoms with Crippen molar-refractivity contribution in [2.24, 2.45) is 5.92 Å². The highest BCUT2D eigenvalue weighted by atomic mass is 16.6. The summed E-state index contributed by atoms with van der Waals surface area (Å²) in [6, 6.07) is 8.04. The molecule has 0 amide bonds. The molecule has 0 spiro atoms. The van der Waals surface area contributed by atoms with E-state index < -0.39 is 6.29 Å². The van der Waals surface area contributed by atoms with Gasteiger partial charge in [-0.25, -0.2) is 0 Å². The molecule has 1 aliphatic rings. The van der Waals surface area contributed by atoms with Crippen LogP contribution in [-0.2, 0) is 6.42 Å². The Morgan fingerprint density at radius 1 is 1.37 bits per heavy atom. The molecule has 1 heterocycles. The van der Waals surface area contributed by atoms with Gasteiger partial charge in [0, 0.05) is 6.54 Å². The van der Waals surface area contributed by atoms with Crippen molar-refractivity contribution in [3.05, 3.63) is 29.8 Å². The van der Waals surface area contributed by atoms with E-state index in [0.29, 0.717) is 0 Å². The van der Waals surface area contributed by atoms with Gasteiger partial charge in [0.15, 0.2) is 6.29 Å². The third kappa shape index (κ3) is 4.84. The lowest BCUT2D eigenvalue weighted by Gasteiger charge is -2.15. The number of benzene rings is 1. The van der Waals surface area contributed by atoms with Crippen molar-refractivity contribution in [1.29, 1.82) is 0 Å². The average molecular weight is 263 g/mol. The van der Waals surface area contributed by atoms with Crippen molar-refractivity contribution in [2.45, 2.75) is 39.4 Å². The van der Waals surface area contributed by atoms with E-state index in [1.54, 1.807) is 6.92 Å². The highest BCUT2D eigenvalue weighted by molar-refractivity contribution is 5.27. The standard InChI is InChI=1S/C16H25NO2/c1-13-9-11-17(12-13)10-3-4-15-5-7-16(8-6-15)19-14(2)18/h5-8,13-14,18H,3-4,9-12H2,1-2H3. The fourth-order valence-electron chi connectivity index (χ4n) is 2.67. The third-order valence-electron chi connectivity index (χ3n) is 3.68. The molecule has 1 fully saturated rings. The lowest BCUT2D eigenvalue weighted by Crippen LogP contribution is -2.21. The summed E-state index contributed by atoms with van der Waals surface area (Å²) in [5.41, 5.74) is 1.34. The predicted molar refractivity (Wildman–Crippen MR) is 77.3 cm³/mol. The van der Waals surface area contributed by atoms with Gasteiger partial charge in [-0.05, 0) is 62.9 Å². The lowest BCUT2D eigenvalue weighted by molar-refractivity contribution is -0.000303. The minimum Gasteiger partial charge on any atom is -0.465 e. The topological polar surface area (TPSA) is 32.7 Å². The average Bonchev–Trinajstić information content (AvgIpc) is 2.77. The first-order valence-electron chi connectivity index (χ1n) is 7.29. The van der Waals surface area contributed by atoms with E-state index in [1.807, 2.05) is 12.1 Å². The SMILES string of the molecule is CC1CCN(CCCc2ccc(OC(C)O)cc2)C1. The molecule has 1 aromatic carbocycles. The molecular weight excluding hydrogens is 238 g/mol. The molecule has 0 saturated carbocycles. The van der Waals surface area contributed by atoms with E-state index in [4.69, 9.17) is 9.84 Å². The fraction of sp³-hybridized carbons (Fsp3) is 0.625. The fourth-order valence-corrected chi connectivity index (χ4v) is 2.67. The first kappa shape index (κ1) is 14.4. The number of aryl methyl sites for hydroxylation is 1. The van der Waals surface area contributed by atoms with E-state index in [0.717, 1.165) is 18.1 Å². The van der Waals surface area contributed by atoms with Crippen molar-refractivity contribution in [1.82, 2.24) is 4.90 Å². The number of rotatable bonds is 6. The van der Waals surface area contributed by atoms with Gasteiger partial charge in [-0.3, -0.25) is 0 Å². The molecule has 3 nitrogen and oxygen atoms in total. The van der Waals surface area contributed by atoms with E-state index in [2.05, 4.69) is 24.0 Å². The summed E-state index contributed by atoms with van der Waals surface area (Å²) in [5.74, 6) is 1.60. The molecule has 2 rings (SSSR count). The highest BCUT2D eigenvalue weighted by Gasteiger charge is 2.17. The molecule has 2 atom stereocenters. The lowest BCUT2D eigenvalue weighted by atomic mass is 10.1. The minimum atomic E-state index is -0.747. The Balaban J connectivity index is 1.71. The summed E-state index contributed by atoms with van der Waals surface area (Å²) in [6.45, 7) is 7.69. The van der Waals surface area contributed by atoms with Crippen LogP contribution in [0.3, 0.4) is 0 Å². The maximum atomic E-state index is 9.13. The van der Waals surface area contributed by atoms with Crippen molar-refractivity contribution >= 4 is 0 Å². The summed E-state index contributed by atoms with van der Waals surface area (Å²) in [7, 11) is 0. The first-order valence-corrected chi connectivity index (χ1v) is 7.29. The van der Waals surface area contributed by atoms with Gasteiger partial charge in [0.25, 0.3) is 0 Å². The summed E-state index contributed by atoms with van der Waals surface area (Å²) < 4.78 is 5.21. The first-order chi connectivity index (χ1) is 9.13. The monoisotopic (exact) mass is 263 g/mol. The van der Waals surface area contributed by atoms with E-state index in [-0.39, 0.29) is 0 Å². The maximum Gasteiger partial charge on any atom is 0.194 e. The van der Waals surface area contributed by atoms with Crippen LogP contribution in [0, 0.1) is 5.92 Å². The van der Waals surface area contributed by atoms with Gasteiger partial charge in [-0.1, -0.05) is 19.1 Å². The number of hydrogen-bond acceptors (Lipinski definition) is 3. The Morgan fingerprint density at radius 3 is 2.68 bits per heavy atom. The third-order valence-corrected chi connectivity index (χ3v) is 3.68. The Bertz CT molecular complexity index is 375. The smallest absolute Gasteiger partial charge is 0.194 e. The molecule has 1 saturated heterocycles.